The Bertz CT molecular complexity index is 1450. The summed E-state index contributed by atoms with van der Waals surface area (Å²) >= 11 is 24.1. The van der Waals surface area contributed by atoms with Crippen molar-refractivity contribution in [2.45, 2.75) is 13.5 Å². The van der Waals surface area contributed by atoms with Gasteiger partial charge in [-0.2, -0.15) is 0 Å². The van der Waals surface area contributed by atoms with E-state index in [0.29, 0.717) is 11.1 Å². The molecule has 0 saturated carbocycles. The van der Waals surface area contributed by atoms with Crippen molar-refractivity contribution in [3.63, 3.8) is 0 Å². The number of nitrogens with zero attached hydrogens (tertiary/aromatic N) is 1. The van der Waals surface area contributed by atoms with Crippen molar-refractivity contribution >= 4 is 75.7 Å². The Balaban J connectivity index is 1.69. The predicted molar refractivity (Wildman–Crippen MR) is 146 cm³/mol. The largest absolute Gasteiger partial charge is 0.490 e. The van der Waals surface area contributed by atoms with Gasteiger partial charge in [-0.15, -0.1) is 0 Å². The minimum atomic E-state index is -0.702. The Labute approximate surface area is 232 Å². The van der Waals surface area contributed by atoms with Crippen molar-refractivity contribution in [1.29, 1.82) is 0 Å². The molecule has 0 spiro atoms. The SMILES string of the molecule is CCOc1cc(/C=C2\C(=O)NC(=S)N(c3cccc(Cl)c3Cl)C2=O)cc(Cl)c1OCc1ccccc1F. The second-order valence-corrected chi connectivity index (χ2v) is 9.25. The Hall–Kier alpha value is -3.17. The summed E-state index contributed by atoms with van der Waals surface area (Å²) in [5.74, 6) is -1.36. The number of amides is 2. The van der Waals surface area contributed by atoms with E-state index >= 15 is 0 Å². The van der Waals surface area contributed by atoms with Gasteiger partial charge in [0.05, 0.1) is 27.4 Å². The number of hydrogen-bond donors (Lipinski definition) is 1. The third-order valence-electron chi connectivity index (χ3n) is 5.25. The fourth-order valence-corrected chi connectivity index (χ4v) is 4.48. The molecule has 3 aromatic carbocycles. The molecule has 0 bridgehead atoms. The summed E-state index contributed by atoms with van der Waals surface area (Å²) in [6.07, 6.45) is 1.35. The van der Waals surface area contributed by atoms with Crippen LogP contribution in [-0.4, -0.2) is 23.5 Å². The molecular formula is C26H18Cl3FN2O4S. The highest BCUT2D eigenvalue weighted by molar-refractivity contribution is 7.80. The quantitative estimate of drug-likeness (QED) is 0.194. The van der Waals surface area contributed by atoms with E-state index in [1.165, 1.54) is 18.2 Å². The summed E-state index contributed by atoms with van der Waals surface area (Å²) in [7, 11) is 0. The van der Waals surface area contributed by atoms with Crippen LogP contribution in [0.3, 0.4) is 0 Å². The molecule has 0 atom stereocenters. The van der Waals surface area contributed by atoms with E-state index in [-0.39, 0.29) is 56.2 Å². The second kappa shape index (κ2) is 11.5. The lowest BCUT2D eigenvalue weighted by Gasteiger charge is -2.29. The zero-order valence-corrected chi connectivity index (χ0v) is 22.3. The maximum Gasteiger partial charge on any atom is 0.270 e. The standard InChI is InChI=1S/C26H18Cl3FN2O4S/c1-2-35-21-12-14(11-18(28)23(21)36-13-15-6-3-4-8-19(15)30)10-16-24(33)31-26(37)32(25(16)34)20-9-5-7-17(27)22(20)29/h3-12H,2,13H2,1H3,(H,31,33,37)/b16-10+. The summed E-state index contributed by atoms with van der Waals surface area (Å²) in [5, 5.41) is 2.82. The minimum absolute atomic E-state index is 0.0827. The first-order valence-corrected chi connectivity index (χ1v) is 12.4. The van der Waals surface area contributed by atoms with Crippen LogP contribution in [0.1, 0.15) is 18.1 Å². The molecule has 1 fully saturated rings. The van der Waals surface area contributed by atoms with Crippen molar-refractivity contribution in [1.82, 2.24) is 5.32 Å². The Kier molecular flexibility index (Phi) is 8.34. The first-order valence-electron chi connectivity index (χ1n) is 10.9. The molecule has 0 radical (unpaired) electrons. The number of carbonyl (C=O) groups is 2. The monoisotopic (exact) mass is 578 g/mol. The van der Waals surface area contributed by atoms with E-state index in [2.05, 4.69) is 5.32 Å². The number of rotatable bonds is 7. The van der Waals surface area contributed by atoms with E-state index in [9.17, 15) is 14.0 Å². The van der Waals surface area contributed by atoms with Gasteiger partial charge in [0.15, 0.2) is 16.6 Å². The molecule has 37 heavy (non-hydrogen) atoms. The first-order chi connectivity index (χ1) is 17.7. The average molecular weight is 580 g/mol. The lowest BCUT2D eigenvalue weighted by Crippen LogP contribution is -2.54. The Morgan fingerprint density at radius 2 is 1.78 bits per heavy atom. The van der Waals surface area contributed by atoms with E-state index < -0.39 is 17.6 Å². The minimum Gasteiger partial charge on any atom is -0.490 e. The van der Waals surface area contributed by atoms with Gasteiger partial charge in [0.2, 0.25) is 0 Å². The molecule has 0 aliphatic carbocycles. The van der Waals surface area contributed by atoms with Crippen LogP contribution in [0.25, 0.3) is 6.08 Å². The van der Waals surface area contributed by atoms with Gasteiger partial charge in [-0.05, 0) is 61.1 Å². The zero-order valence-electron chi connectivity index (χ0n) is 19.2. The average Bonchev–Trinajstić information content (AvgIpc) is 2.85. The summed E-state index contributed by atoms with van der Waals surface area (Å²) in [6.45, 7) is 1.97. The van der Waals surface area contributed by atoms with Crippen LogP contribution in [0.4, 0.5) is 10.1 Å². The van der Waals surface area contributed by atoms with Gasteiger partial charge < -0.3 is 9.47 Å². The van der Waals surface area contributed by atoms with Crippen LogP contribution < -0.4 is 19.7 Å². The number of thiocarbonyl (C=S) groups is 1. The van der Waals surface area contributed by atoms with E-state index in [0.717, 1.165) is 4.90 Å². The van der Waals surface area contributed by atoms with Crippen LogP contribution in [-0.2, 0) is 16.2 Å². The lowest BCUT2D eigenvalue weighted by molar-refractivity contribution is -0.122. The summed E-state index contributed by atoms with van der Waals surface area (Å²) in [5.41, 5.74) is 0.728. The van der Waals surface area contributed by atoms with Crippen LogP contribution in [0, 0.1) is 5.82 Å². The van der Waals surface area contributed by atoms with Crippen molar-refractivity contribution in [3.05, 3.63) is 92.2 Å². The number of halogens is 4. The molecule has 0 unspecified atom stereocenters. The highest BCUT2D eigenvalue weighted by Crippen LogP contribution is 2.39. The molecule has 1 saturated heterocycles. The van der Waals surface area contributed by atoms with Gasteiger partial charge in [0, 0.05) is 5.56 Å². The summed E-state index contributed by atoms with van der Waals surface area (Å²) in [4.78, 5) is 27.1. The third-order valence-corrected chi connectivity index (χ3v) is 6.62. The van der Waals surface area contributed by atoms with E-state index in [4.69, 9.17) is 56.5 Å². The molecular weight excluding hydrogens is 562 g/mol. The third kappa shape index (κ3) is 5.72. The van der Waals surface area contributed by atoms with Crippen LogP contribution in [0.2, 0.25) is 15.1 Å². The molecule has 4 rings (SSSR count). The maximum absolute atomic E-state index is 14.0. The molecule has 3 aromatic rings. The number of nitrogens with one attached hydrogen (secondary N) is 1. The smallest absolute Gasteiger partial charge is 0.270 e. The molecule has 6 nitrogen and oxygen atoms in total. The van der Waals surface area contributed by atoms with Crippen molar-refractivity contribution in [2.24, 2.45) is 0 Å². The van der Waals surface area contributed by atoms with Crippen molar-refractivity contribution in [2.75, 3.05) is 11.5 Å². The molecule has 11 heteroatoms. The highest BCUT2D eigenvalue weighted by atomic mass is 35.5. The van der Waals surface area contributed by atoms with Crippen molar-refractivity contribution < 1.29 is 23.5 Å². The molecule has 2 amide bonds. The Morgan fingerprint density at radius 1 is 1.03 bits per heavy atom. The number of carbonyl (C=O) groups excluding carboxylic acids is 2. The molecule has 1 N–H and O–H groups in total. The number of anilines is 1. The fraction of sp³-hybridized carbons (Fsp3) is 0.115. The van der Waals surface area contributed by atoms with Gasteiger partial charge in [0.25, 0.3) is 11.8 Å². The fourth-order valence-electron chi connectivity index (χ4n) is 3.55. The van der Waals surface area contributed by atoms with Crippen LogP contribution in [0.15, 0.2) is 60.2 Å². The van der Waals surface area contributed by atoms with Gasteiger partial charge in [-0.3, -0.25) is 19.8 Å². The summed E-state index contributed by atoms with van der Waals surface area (Å²) < 4.78 is 25.5. The highest BCUT2D eigenvalue weighted by Gasteiger charge is 2.35. The maximum atomic E-state index is 14.0. The molecule has 1 aliphatic rings. The molecule has 190 valence electrons. The number of ether oxygens (including phenoxy) is 2. The summed E-state index contributed by atoms with van der Waals surface area (Å²) in [6, 6.07) is 14.0. The Morgan fingerprint density at radius 3 is 2.51 bits per heavy atom. The van der Waals surface area contributed by atoms with Gasteiger partial charge in [-0.25, -0.2) is 4.39 Å². The van der Waals surface area contributed by atoms with Gasteiger partial charge in [0.1, 0.15) is 18.0 Å². The van der Waals surface area contributed by atoms with Crippen LogP contribution >= 0.6 is 47.0 Å². The predicted octanol–water partition coefficient (Wildman–Crippen LogP) is 6.59. The lowest BCUT2D eigenvalue weighted by atomic mass is 10.1. The van der Waals surface area contributed by atoms with E-state index in [1.54, 1.807) is 49.4 Å². The van der Waals surface area contributed by atoms with Gasteiger partial charge in [-0.1, -0.05) is 59.1 Å². The molecule has 1 heterocycles. The van der Waals surface area contributed by atoms with Gasteiger partial charge >= 0.3 is 0 Å². The topological polar surface area (TPSA) is 67.9 Å². The zero-order chi connectivity index (χ0) is 26.7. The molecule has 0 aromatic heterocycles. The second-order valence-electron chi connectivity index (χ2n) is 7.67. The van der Waals surface area contributed by atoms with Crippen molar-refractivity contribution in [3.8, 4) is 11.5 Å². The number of benzene rings is 3. The van der Waals surface area contributed by atoms with Crippen LogP contribution in [0.5, 0.6) is 11.5 Å². The number of hydrogen-bond acceptors (Lipinski definition) is 5. The van der Waals surface area contributed by atoms with E-state index in [1.807, 2.05) is 0 Å². The molecule has 1 aliphatic heterocycles. The first kappa shape index (κ1) is 26.9. The normalized spacial score (nSPS) is 14.7.